The highest BCUT2D eigenvalue weighted by atomic mass is 19.1. The van der Waals surface area contributed by atoms with Crippen LogP contribution in [-0.2, 0) is 0 Å². The summed E-state index contributed by atoms with van der Waals surface area (Å²) in [7, 11) is 0. The average molecular weight is 289 g/mol. The van der Waals surface area contributed by atoms with Crippen LogP contribution in [0.4, 0.5) is 4.39 Å². The van der Waals surface area contributed by atoms with Crippen LogP contribution in [0.25, 0.3) is 0 Å². The summed E-state index contributed by atoms with van der Waals surface area (Å²) in [5.41, 5.74) is 6.16. The van der Waals surface area contributed by atoms with E-state index in [1.165, 1.54) is 25.3 Å². The Hall–Kier alpha value is -1.58. The molecule has 3 saturated carbocycles. The van der Waals surface area contributed by atoms with E-state index in [1.807, 2.05) is 0 Å². The minimum Gasteiger partial charge on any atom is -0.493 e. The van der Waals surface area contributed by atoms with Crippen molar-refractivity contribution in [1.29, 1.82) is 0 Å². The molecule has 112 valence electrons. The molecule has 1 aromatic carbocycles. The minimum absolute atomic E-state index is 0.0219. The van der Waals surface area contributed by atoms with Gasteiger partial charge in [-0.15, -0.1) is 0 Å². The van der Waals surface area contributed by atoms with Crippen molar-refractivity contribution in [3.05, 3.63) is 29.1 Å². The van der Waals surface area contributed by atoms with E-state index in [4.69, 9.17) is 10.5 Å². The van der Waals surface area contributed by atoms with Crippen LogP contribution in [0.1, 0.15) is 53.9 Å². The fourth-order valence-electron chi connectivity index (χ4n) is 3.78. The molecule has 0 radical (unpaired) electrons. The van der Waals surface area contributed by atoms with Crippen molar-refractivity contribution in [3.63, 3.8) is 0 Å². The maximum Gasteiger partial charge on any atom is 0.251 e. The molecule has 1 aromatic rings. The highest BCUT2D eigenvalue weighted by Crippen LogP contribution is 2.54. The van der Waals surface area contributed by atoms with Gasteiger partial charge in [-0.2, -0.15) is 0 Å². The molecule has 3 aliphatic carbocycles. The molecule has 21 heavy (non-hydrogen) atoms. The Morgan fingerprint density at radius 1 is 1.24 bits per heavy atom. The molecule has 0 saturated heterocycles. The smallest absolute Gasteiger partial charge is 0.251 e. The summed E-state index contributed by atoms with van der Waals surface area (Å²) in [4.78, 5) is 11.3. The average Bonchev–Trinajstić information content (AvgIpc) is 3.36. The van der Waals surface area contributed by atoms with E-state index < -0.39 is 11.7 Å². The van der Waals surface area contributed by atoms with E-state index in [-0.39, 0.29) is 5.56 Å². The Morgan fingerprint density at radius 2 is 1.95 bits per heavy atom. The zero-order valence-electron chi connectivity index (χ0n) is 12.0. The number of amides is 1. The molecule has 2 atom stereocenters. The van der Waals surface area contributed by atoms with E-state index in [2.05, 4.69) is 0 Å². The summed E-state index contributed by atoms with van der Waals surface area (Å²) < 4.78 is 19.9. The first-order valence-electron chi connectivity index (χ1n) is 7.88. The lowest BCUT2D eigenvalue weighted by molar-refractivity contribution is 0.0996. The fraction of sp³-hybridized carbons (Fsp3) is 0.588. The maximum absolute atomic E-state index is 14.0. The zero-order chi connectivity index (χ0) is 14.6. The van der Waals surface area contributed by atoms with Crippen LogP contribution >= 0.6 is 0 Å². The molecule has 2 unspecified atom stereocenters. The molecule has 3 nitrogen and oxygen atoms in total. The van der Waals surface area contributed by atoms with Gasteiger partial charge in [-0.1, -0.05) is 0 Å². The number of hydrogen-bond acceptors (Lipinski definition) is 2. The summed E-state index contributed by atoms with van der Waals surface area (Å²) in [5, 5.41) is 0. The number of carbonyl (C=O) groups excluding carboxylic acids is 1. The van der Waals surface area contributed by atoms with E-state index in [1.54, 1.807) is 6.07 Å². The van der Waals surface area contributed by atoms with Gasteiger partial charge in [-0.05, 0) is 67.4 Å². The molecule has 2 N–H and O–H groups in total. The summed E-state index contributed by atoms with van der Waals surface area (Å²) in [6.45, 7) is 0.669. The zero-order valence-corrected chi connectivity index (χ0v) is 12.0. The summed E-state index contributed by atoms with van der Waals surface area (Å²) >= 11 is 0. The number of ether oxygens (including phenoxy) is 1. The predicted octanol–water partition coefficient (Wildman–Crippen LogP) is 3.23. The SMILES string of the molecule is NC(=O)c1cc(C2CC2)c(OCC2CC3CC3C2)cc1F. The van der Waals surface area contributed by atoms with Gasteiger partial charge < -0.3 is 10.5 Å². The lowest BCUT2D eigenvalue weighted by Crippen LogP contribution is -2.15. The molecule has 4 rings (SSSR count). The van der Waals surface area contributed by atoms with Gasteiger partial charge in [0.2, 0.25) is 0 Å². The van der Waals surface area contributed by atoms with Gasteiger partial charge in [-0.3, -0.25) is 4.79 Å². The van der Waals surface area contributed by atoms with E-state index in [9.17, 15) is 9.18 Å². The number of halogens is 1. The summed E-state index contributed by atoms with van der Waals surface area (Å²) in [6, 6.07) is 2.94. The number of benzene rings is 1. The van der Waals surface area contributed by atoms with Crippen LogP contribution in [0.5, 0.6) is 5.75 Å². The van der Waals surface area contributed by atoms with Crippen LogP contribution in [0.3, 0.4) is 0 Å². The van der Waals surface area contributed by atoms with Gasteiger partial charge in [0, 0.05) is 6.07 Å². The first-order chi connectivity index (χ1) is 10.1. The molecule has 0 aliphatic heterocycles. The molecule has 1 amide bonds. The highest BCUT2D eigenvalue weighted by molar-refractivity contribution is 5.93. The normalized spacial score (nSPS) is 30.0. The monoisotopic (exact) mass is 289 g/mol. The topological polar surface area (TPSA) is 52.3 Å². The number of fused-ring (bicyclic) bond motifs is 1. The van der Waals surface area contributed by atoms with Crippen molar-refractivity contribution in [2.45, 2.75) is 38.0 Å². The summed E-state index contributed by atoms with van der Waals surface area (Å²) in [6.07, 6.45) is 6.06. The fourth-order valence-corrected chi connectivity index (χ4v) is 3.78. The minimum atomic E-state index is -0.711. The molecular weight excluding hydrogens is 269 g/mol. The Balaban J connectivity index is 1.52. The number of nitrogens with two attached hydrogens (primary N) is 1. The Labute approximate surface area is 123 Å². The lowest BCUT2D eigenvalue weighted by atomic mass is 10.0. The highest BCUT2D eigenvalue weighted by Gasteiger charge is 2.45. The first kappa shape index (κ1) is 13.1. The van der Waals surface area contributed by atoms with E-state index in [0.29, 0.717) is 24.2 Å². The van der Waals surface area contributed by atoms with Gasteiger partial charge >= 0.3 is 0 Å². The van der Waals surface area contributed by atoms with Crippen molar-refractivity contribution in [2.75, 3.05) is 6.61 Å². The largest absolute Gasteiger partial charge is 0.493 e. The van der Waals surface area contributed by atoms with Crippen molar-refractivity contribution in [2.24, 2.45) is 23.5 Å². The van der Waals surface area contributed by atoms with Gasteiger partial charge in [0.15, 0.2) is 0 Å². The number of primary amides is 1. The third kappa shape index (κ3) is 2.52. The van der Waals surface area contributed by atoms with Crippen LogP contribution in [0, 0.1) is 23.6 Å². The molecule has 0 spiro atoms. The van der Waals surface area contributed by atoms with E-state index in [0.717, 1.165) is 30.2 Å². The van der Waals surface area contributed by atoms with Gasteiger partial charge in [0.1, 0.15) is 11.6 Å². The number of hydrogen-bond donors (Lipinski definition) is 1. The predicted molar refractivity (Wildman–Crippen MR) is 76.7 cm³/mol. The van der Waals surface area contributed by atoms with Gasteiger partial charge in [0.05, 0.1) is 12.2 Å². The Kier molecular flexibility index (Phi) is 2.95. The number of carbonyl (C=O) groups is 1. The summed E-state index contributed by atoms with van der Waals surface area (Å²) in [5.74, 6) is 2.19. The standard InChI is InChI=1S/C17H20FNO2/c18-15-7-16(21-8-9-3-11-5-12(11)4-9)13(10-1-2-10)6-14(15)17(19)20/h6-7,9-12H,1-5,8H2,(H2,19,20). The van der Waals surface area contributed by atoms with Crippen LogP contribution in [0.2, 0.25) is 0 Å². The van der Waals surface area contributed by atoms with Crippen molar-refractivity contribution >= 4 is 5.91 Å². The van der Waals surface area contributed by atoms with Crippen molar-refractivity contribution in [3.8, 4) is 5.75 Å². The third-order valence-electron chi connectivity index (χ3n) is 5.20. The molecule has 0 aromatic heterocycles. The van der Waals surface area contributed by atoms with Gasteiger partial charge in [-0.25, -0.2) is 4.39 Å². The third-order valence-corrected chi connectivity index (χ3v) is 5.20. The second-order valence-electron chi connectivity index (χ2n) is 6.91. The number of rotatable bonds is 5. The molecule has 0 bridgehead atoms. The van der Waals surface area contributed by atoms with Crippen molar-refractivity contribution < 1.29 is 13.9 Å². The molecule has 4 heteroatoms. The first-order valence-corrected chi connectivity index (χ1v) is 7.88. The Bertz CT molecular complexity index is 587. The quantitative estimate of drug-likeness (QED) is 0.904. The van der Waals surface area contributed by atoms with Crippen LogP contribution < -0.4 is 10.5 Å². The lowest BCUT2D eigenvalue weighted by Gasteiger charge is -2.17. The molecule has 3 aliphatic rings. The molecule has 0 heterocycles. The molecule has 3 fully saturated rings. The second kappa shape index (κ2) is 4.72. The van der Waals surface area contributed by atoms with Crippen molar-refractivity contribution in [1.82, 2.24) is 0 Å². The second-order valence-corrected chi connectivity index (χ2v) is 6.91. The molecular formula is C17H20FNO2. The van der Waals surface area contributed by atoms with Gasteiger partial charge in [0.25, 0.3) is 5.91 Å². The van der Waals surface area contributed by atoms with E-state index >= 15 is 0 Å². The maximum atomic E-state index is 14.0. The Morgan fingerprint density at radius 3 is 2.57 bits per heavy atom. The van der Waals surface area contributed by atoms with Crippen LogP contribution in [-0.4, -0.2) is 12.5 Å². The van der Waals surface area contributed by atoms with Crippen LogP contribution in [0.15, 0.2) is 12.1 Å².